The first-order valence-corrected chi connectivity index (χ1v) is 4.30. The second-order valence-electron chi connectivity index (χ2n) is 4.35. The second kappa shape index (κ2) is 2.54. The summed E-state index contributed by atoms with van der Waals surface area (Å²) in [5.41, 5.74) is 6.16. The molecule has 0 aromatic carbocycles. The van der Waals surface area contributed by atoms with E-state index in [0.717, 1.165) is 11.8 Å². The van der Waals surface area contributed by atoms with Crippen LogP contribution in [0.1, 0.15) is 40.0 Å². The molecule has 1 fully saturated rings. The van der Waals surface area contributed by atoms with Crippen LogP contribution in [0.4, 0.5) is 0 Å². The van der Waals surface area contributed by atoms with E-state index in [9.17, 15) is 0 Å². The molecular weight excluding hydrogens is 122 g/mol. The fourth-order valence-electron chi connectivity index (χ4n) is 1.88. The Hall–Kier alpha value is -0.0400. The van der Waals surface area contributed by atoms with Crippen molar-refractivity contribution in [2.24, 2.45) is 17.6 Å². The maximum absolute atomic E-state index is 6.03. The van der Waals surface area contributed by atoms with Crippen molar-refractivity contribution < 1.29 is 0 Å². The lowest BCUT2D eigenvalue weighted by Gasteiger charge is -2.37. The number of hydrogen-bond donors (Lipinski definition) is 1. The fraction of sp³-hybridized carbons (Fsp3) is 1.00. The zero-order chi connectivity index (χ0) is 7.78. The molecule has 1 heteroatoms. The van der Waals surface area contributed by atoms with E-state index in [1.165, 1.54) is 19.3 Å². The van der Waals surface area contributed by atoms with Crippen molar-refractivity contribution in [1.82, 2.24) is 0 Å². The van der Waals surface area contributed by atoms with E-state index in [4.69, 9.17) is 5.73 Å². The van der Waals surface area contributed by atoms with Crippen LogP contribution >= 0.6 is 0 Å². The van der Waals surface area contributed by atoms with Gasteiger partial charge in [0.05, 0.1) is 0 Å². The summed E-state index contributed by atoms with van der Waals surface area (Å²) in [6.45, 7) is 6.82. The van der Waals surface area contributed by atoms with Crippen LogP contribution in [0, 0.1) is 11.8 Å². The highest BCUT2D eigenvalue weighted by Crippen LogP contribution is 2.33. The molecule has 1 rings (SSSR count). The Morgan fingerprint density at radius 3 is 2.30 bits per heavy atom. The minimum atomic E-state index is 0.131. The van der Waals surface area contributed by atoms with Crippen molar-refractivity contribution in [2.75, 3.05) is 0 Å². The molecule has 1 nitrogen and oxygen atoms in total. The van der Waals surface area contributed by atoms with E-state index in [1.807, 2.05) is 0 Å². The average Bonchev–Trinajstić information content (AvgIpc) is 1.79. The standard InChI is InChI=1S/C9H19N/c1-7-4-5-9(3,10)6-8(7)2/h7-8H,4-6,10H2,1-3H3/t7-,8+,9-/m1/s1. The van der Waals surface area contributed by atoms with E-state index in [1.54, 1.807) is 0 Å². The molecule has 0 unspecified atom stereocenters. The average molecular weight is 141 g/mol. The van der Waals surface area contributed by atoms with Crippen LogP contribution in [-0.2, 0) is 0 Å². The summed E-state index contributed by atoms with van der Waals surface area (Å²) in [5, 5.41) is 0. The predicted octanol–water partition coefficient (Wildman–Crippen LogP) is 2.16. The predicted molar refractivity (Wildman–Crippen MR) is 44.8 cm³/mol. The highest BCUT2D eigenvalue weighted by atomic mass is 14.7. The molecule has 10 heavy (non-hydrogen) atoms. The van der Waals surface area contributed by atoms with Gasteiger partial charge in [0.2, 0.25) is 0 Å². The van der Waals surface area contributed by atoms with Crippen LogP contribution in [0.3, 0.4) is 0 Å². The topological polar surface area (TPSA) is 26.0 Å². The molecular formula is C9H19N. The van der Waals surface area contributed by atoms with Gasteiger partial charge in [0.15, 0.2) is 0 Å². The van der Waals surface area contributed by atoms with E-state index in [0.29, 0.717) is 0 Å². The van der Waals surface area contributed by atoms with Crippen LogP contribution in [-0.4, -0.2) is 5.54 Å². The van der Waals surface area contributed by atoms with Gasteiger partial charge in [-0.25, -0.2) is 0 Å². The lowest BCUT2D eigenvalue weighted by atomic mass is 9.73. The minimum absolute atomic E-state index is 0.131. The molecule has 2 N–H and O–H groups in total. The van der Waals surface area contributed by atoms with Gasteiger partial charge in [-0.3, -0.25) is 0 Å². The van der Waals surface area contributed by atoms with Crippen LogP contribution in [0.25, 0.3) is 0 Å². The molecule has 0 amide bonds. The third-order valence-corrected chi connectivity index (χ3v) is 2.93. The molecule has 1 aliphatic rings. The number of nitrogens with two attached hydrogens (primary N) is 1. The lowest BCUT2D eigenvalue weighted by molar-refractivity contribution is 0.190. The molecule has 0 aliphatic heterocycles. The van der Waals surface area contributed by atoms with Gasteiger partial charge in [-0.15, -0.1) is 0 Å². The van der Waals surface area contributed by atoms with Crippen LogP contribution < -0.4 is 5.73 Å². The highest BCUT2D eigenvalue weighted by molar-refractivity contribution is 4.87. The third-order valence-electron chi connectivity index (χ3n) is 2.93. The zero-order valence-electron chi connectivity index (χ0n) is 7.35. The summed E-state index contributed by atoms with van der Waals surface area (Å²) in [6.07, 6.45) is 3.72. The molecule has 0 aromatic heterocycles. The van der Waals surface area contributed by atoms with Crippen molar-refractivity contribution in [3.8, 4) is 0 Å². The summed E-state index contributed by atoms with van der Waals surface area (Å²) >= 11 is 0. The monoisotopic (exact) mass is 141 g/mol. The van der Waals surface area contributed by atoms with E-state index >= 15 is 0 Å². The Labute approximate surface area is 64.0 Å². The minimum Gasteiger partial charge on any atom is -0.325 e. The van der Waals surface area contributed by atoms with Crippen molar-refractivity contribution in [2.45, 2.75) is 45.6 Å². The molecule has 3 atom stereocenters. The summed E-state index contributed by atoms with van der Waals surface area (Å²) < 4.78 is 0. The first kappa shape index (κ1) is 8.06. The Morgan fingerprint density at radius 2 is 1.90 bits per heavy atom. The van der Waals surface area contributed by atoms with Crippen molar-refractivity contribution >= 4 is 0 Å². The van der Waals surface area contributed by atoms with Gasteiger partial charge < -0.3 is 5.73 Å². The number of hydrogen-bond acceptors (Lipinski definition) is 1. The molecule has 0 aromatic rings. The SMILES string of the molecule is C[C@@H]1CC[C@@](C)(N)C[C@@H]1C. The van der Waals surface area contributed by atoms with E-state index in [2.05, 4.69) is 20.8 Å². The van der Waals surface area contributed by atoms with Crippen LogP contribution in [0.2, 0.25) is 0 Å². The molecule has 1 aliphatic carbocycles. The zero-order valence-corrected chi connectivity index (χ0v) is 7.35. The molecule has 0 saturated heterocycles. The smallest absolute Gasteiger partial charge is 0.0128 e. The van der Waals surface area contributed by atoms with Crippen LogP contribution in [0.15, 0.2) is 0 Å². The van der Waals surface area contributed by atoms with Crippen molar-refractivity contribution in [3.05, 3.63) is 0 Å². The second-order valence-corrected chi connectivity index (χ2v) is 4.35. The quantitative estimate of drug-likeness (QED) is 0.549. The first-order valence-electron chi connectivity index (χ1n) is 4.30. The van der Waals surface area contributed by atoms with E-state index < -0.39 is 0 Å². The Morgan fingerprint density at radius 1 is 1.30 bits per heavy atom. The Balaban J connectivity index is 2.49. The van der Waals surface area contributed by atoms with Gasteiger partial charge in [0, 0.05) is 5.54 Å². The van der Waals surface area contributed by atoms with Gasteiger partial charge >= 0.3 is 0 Å². The Kier molecular flexibility index (Phi) is 2.04. The molecule has 0 radical (unpaired) electrons. The number of rotatable bonds is 0. The normalized spacial score (nSPS) is 49.2. The lowest BCUT2D eigenvalue weighted by Crippen LogP contribution is -2.42. The molecule has 0 spiro atoms. The van der Waals surface area contributed by atoms with E-state index in [-0.39, 0.29) is 5.54 Å². The van der Waals surface area contributed by atoms with Gasteiger partial charge in [0.25, 0.3) is 0 Å². The van der Waals surface area contributed by atoms with Gasteiger partial charge in [0.1, 0.15) is 0 Å². The summed E-state index contributed by atoms with van der Waals surface area (Å²) in [6, 6.07) is 0. The third kappa shape index (κ3) is 1.72. The largest absolute Gasteiger partial charge is 0.325 e. The van der Waals surface area contributed by atoms with Crippen molar-refractivity contribution in [3.63, 3.8) is 0 Å². The first-order chi connectivity index (χ1) is 4.51. The molecule has 0 bridgehead atoms. The maximum Gasteiger partial charge on any atom is 0.0128 e. The highest BCUT2D eigenvalue weighted by Gasteiger charge is 2.29. The van der Waals surface area contributed by atoms with Gasteiger partial charge in [-0.1, -0.05) is 13.8 Å². The Bertz CT molecular complexity index is 118. The van der Waals surface area contributed by atoms with Crippen LogP contribution in [0.5, 0.6) is 0 Å². The van der Waals surface area contributed by atoms with Gasteiger partial charge in [-0.05, 0) is 38.0 Å². The van der Waals surface area contributed by atoms with Crippen molar-refractivity contribution in [1.29, 1.82) is 0 Å². The molecule has 0 heterocycles. The molecule has 60 valence electrons. The molecule has 1 saturated carbocycles. The summed E-state index contributed by atoms with van der Waals surface area (Å²) in [4.78, 5) is 0. The van der Waals surface area contributed by atoms with Gasteiger partial charge in [-0.2, -0.15) is 0 Å². The fourth-order valence-corrected chi connectivity index (χ4v) is 1.88. The summed E-state index contributed by atoms with van der Waals surface area (Å²) in [7, 11) is 0. The summed E-state index contributed by atoms with van der Waals surface area (Å²) in [5.74, 6) is 1.71. The maximum atomic E-state index is 6.03.